The van der Waals surface area contributed by atoms with Gasteiger partial charge in [0.15, 0.2) is 5.82 Å². The molecule has 0 aromatic carbocycles. The Bertz CT molecular complexity index is 945. The van der Waals surface area contributed by atoms with Gasteiger partial charge >= 0.3 is 12.1 Å². The lowest BCUT2D eigenvalue weighted by atomic mass is 9.77. The first kappa shape index (κ1) is 23.2. The fourth-order valence-corrected chi connectivity index (χ4v) is 3.61. The number of nitrogens with one attached hydrogen (secondary N) is 1. The largest absolute Gasteiger partial charge is 0.492 e. The highest BCUT2D eigenvalue weighted by Crippen LogP contribution is 2.42. The average molecular weight is 457 g/mol. The predicted molar refractivity (Wildman–Crippen MR) is 101 cm³/mol. The summed E-state index contributed by atoms with van der Waals surface area (Å²) in [4.78, 5) is 35.5. The summed E-state index contributed by atoms with van der Waals surface area (Å²) in [6.45, 7) is 2.17. The lowest BCUT2D eigenvalue weighted by Gasteiger charge is -2.28. The van der Waals surface area contributed by atoms with Gasteiger partial charge < -0.3 is 20.1 Å². The first-order valence-electron chi connectivity index (χ1n) is 9.45. The van der Waals surface area contributed by atoms with Crippen molar-refractivity contribution in [2.24, 2.45) is 11.3 Å². The van der Waals surface area contributed by atoms with Gasteiger partial charge in [-0.25, -0.2) is 19.2 Å². The molecule has 2 saturated heterocycles. The molecule has 4 heterocycles. The van der Waals surface area contributed by atoms with Gasteiger partial charge in [0.05, 0.1) is 30.6 Å². The Labute approximate surface area is 179 Å². The number of halogens is 4. The van der Waals surface area contributed by atoms with Crippen molar-refractivity contribution in [1.82, 2.24) is 20.3 Å². The van der Waals surface area contributed by atoms with Crippen molar-refractivity contribution in [2.75, 3.05) is 31.1 Å². The lowest BCUT2D eigenvalue weighted by molar-refractivity contribution is -0.192. The zero-order chi connectivity index (χ0) is 23.4. The number of carbonyl (C=O) groups is 2. The number of pyridine rings is 1. The van der Waals surface area contributed by atoms with Crippen LogP contribution in [0.3, 0.4) is 0 Å². The van der Waals surface area contributed by atoms with Crippen molar-refractivity contribution in [2.45, 2.75) is 12.6 Å². The number of alkyl halides is 3. The molecular formula is C19H19F4N5O4. The number of hydrogen-bond donors (Lipinski definition) is 2. The normalized spacial score (nSPS) is 22.3. The van der Waals surface area contributed by atoms with E-state index in [1.54, 1.807) is 12.4 Å². The molecule has 2 N–H and O–H groups in total. The van der Waals surface area contributed by atoms with E-state index in [2.05, 4.69) is 20.3 Å². The number of ether oxygens (including phenoxy) is 1. The Morgan fingerprint density at radius 1 is 1.31 bits per heavy atom. The van der Waals surface area contributed by atoms with Crippen molar-refractivity contribution >= 4 is 17.8 Å². The molecule has 2 aliphatic heterocycles. The molecule has 1 amide bonds. The summed E-state index contributed by atoms with van der Waals surface area (Å²) in [5, 5.41) is 10.1. The monoisotopic (exact) mass is 457 g/mol. The molecular weight excluding hydrogens is 438 g/mol. The number of rotatable bonds is 4. The van der Waals surface area contributed by atoms with Crippen molar-refractivity contribution < 1.29 is 37.0 Å². The molecule has 9 nitrogen and oxygen atoms in total. The van der Waals surface area contributed by atoms with Gasteiger partial charge in [-0.1, -0.05) is 0 Å². The van der Waals surface area contributed by atoms with Crippen LogP contribution in [0.2, 0.25) is 0 Å². The van der Waals surface area contributed by atoms with Crippen LogP contribution in [0.15, 0.2) is 36.9 Å². The number of carbonyl (C=O) groups excluding carboxylic acids is 1. The van der Waals surface area contributed by atoms with E-state index in [4.69, 9.17) is 14.6 Å². The molecule has 2 aromatic rings. The third kappa shape index (κ3) is 5.21. The van der Waals surface area contributed by atoms with Crippen LogP contribution in [-0.2, 0) is 9.59 Å². The summed E-state index contributed by atoms with van der Waals surface area (Å²) in [5.74, 6) is -2.01. The molecule has 2 fully saturated rings. The second-order valence-corrected chi connectivity index (χ2v) is 7.24. The molecule has 0 unspecified atom stereocenters. The number of amides is 1. The Morgan fingerprint density at radius 2 is 2.00 bits per heavy atom. The summed E-state index contributed by atoms with van der Waals surface area (Å²) in [6.07, 6.45) is 1.24. The average Bonchev–Trinajstić information content (AvgIpc) is 3.33. The highest BCUT2D eigenvalue weighted by Gasteiger charge is 2.54. The van der Waals surface area contributed by atoms with Crippen molar-refractivity contribution in [3.63, 3.8) is 0 Å². The van der Waals surface area contributed by atoms with E-state index in [9.17, 15) is 22.4 Å². The molecule has 1 spiro atoms. The second kappa shape index (κ2) is 9.32. The number of anilines is 1. The first-order valence-corrected chi connectivity index (χ1v) is 9.45. The van der Waals surface area contributed by atoms with Gasteiger partial charge in [0.25, 0.3) is 0 Å². The van der Waals surface area contributed by atoms with E-state index in [1.807, 2.05) is 17.0 Å². The number of aliphatic carboxylic acids is 1. The molecule has 0 saturated carbocycles. The zero-order valence-corrected chi connectivity index (χ0v) is 16.5. The first-order chi connectivity index (χ1) is 15.1. The maximum Gasteiger partial charge on any atom is 0.490 e. The van der Waals surface area contributed by atoms with Gasteiger partial charge in [-0.3, -0.25) is 9.78 Å². The third-order valence-electron chi connectivity index (χ3n) is 5.26. The quantitative estimate of drug-likeness (QED) is 0.666. The van der Waals surface area contributed by atoms with Gasteiger partial charge in [0, 0.05) is 31.7 Å². The van der Waals surface area contributed by atoms with Crippen LogP contribution in [0.4, 0.5) is 23.5 Å². The number of carboxylic acids is 1. The molecule has 2 aliphatic rings. The highest BCUT2D eigenvalue weighted by atomic mass is 19.4. The smallest absolute Gasteiger partial charge is 0.490 e. The second-order valence-electron chi connectivity index (χ2n) is 7.24. The topological polar surface area (TPSA) is 118 Å². The molecule has 172 valence electrons. The van der Waals surface area contributed by atoms with Gasteiger partial charge in [0.1, 0.15) is 5.75 Å². The number of nitrogens with zero attached hydrogens (tertiary/aromatic N) is 4. The summed E-state index contributed by atoms with van der Waals surface area (Å²) in [6, 6.07) is 3.66. The van der Waals surface area contributed by atoms with E-state index in [1.165, 1.54) is 0 Å². The van der Waals surface area contributed by atoms with Crippen LogP contribution < -0.4 is 15.0 Å². The fraction of sp³-hybridized carbons (Fsp3) is 0.421. The van der Waals surface area contributed by atoms with Crippen LogP contribution in [-0.4, -0.2) is 64.4 Å². The molecule has 2 aromatic heterocycles. The van der Waals surface area contributed by atoms with E-state index in [0.717, 1.165) is 12.4 Å². The van der Waals surface area contributed by atoms with Gasteiger partial charge in [-0.05, 0) is 18.6 Å². The highest BCUT2D eigenvalue weighted by molar-refractivity contribution is 5.86. The number of aromatic nitrogens is 3. The zero-order valence-electron chi connectivity index (χ0n) is 16.5. The van der Waals surface area contributed by atoms with Crippen LogP contribution in [0.5, 0.6) is 5.75 Å². The maximum absolute atomic E-state index is 13.0. The van der Waals surface area contributed by atoms with Crippen molar-refractivity contribution in [1.29, 1.82) is 0 Å². The van der Waals surface area contributed by atoms with E-state index >= 15 is 0 Å². The molecule has 2 atom stereocenters. The standard InChI is InChI=1S/C17H18FN5O2.C2HF3O2/c18-13-7-21-16(22-8-13)23-5-3-17(11-23)12(6-20-15(17)24)10-25-14-2-1-4-19-9-14;3-2(4,5)1(6)7/h1-2,4,7-9,12H,3,5-6,10-11H2,(H,20,24);(H,6,7)/t12-,17-;/m1./s1. The minimum Gasteiger partial charge on any atom is -0.492 e. The van der Waals surface area contributed by atoms with Gasteiger partial charge in [-0.2, -0.15) is 13.2 Å². The summed E-state index contributed by atoms with van der Waals surface area (Å²) in [7, 11) is 0. The molecule has 0 radical (unpaired) electrons. The Kier molecular flexibility index (Phi) is 6.75. The third-order valence-corrected chi connectivity index (χ3v) is 5.26. The number of hydrogen-bond acceptors (Lipinski definition) is 7. The predicted octanol–water partition coefficient (Wildman–Crippen LogP) is 1.67. The molecule has 32 heavy (non-hydrogen) atoms. The lowest BCUT2D eigenvalue weighted by Crippen LogP contribution is -2.40. The summed E-state index contributed by atoms with van der Waals surface area (Å²) in [5.41, 5.74) is -0.528. The van der Waals surface area contributed by atoms with E-state index in [-0.39, 0.29) is 11.8 Å². The maximum atomic E-state index is 13.0. The SMILES string of the molecule is O=C(O)C(F)(F)F.O=C1NC[C@H](COc2cccnc2)[C@]12CCN(c1ncc(F)cn1)C2. The van der Waals surface area contributed by atoms with Crippen molar-refractivity contribution in [3.05, 3.63) is 42.7 Å². The summed E-state index contributed by atoms with van der Waals surface area (Å²) < 4.78 is 50.6. The number of carboxylic acid groups (broad SMARTS) is 1. The Morgan fingerprint density at radius 3 is 2.59 bits per heavy atom. The minimum absolute atomic E-state index is 0.0388. The van der Waals surface area contributed by atoms with E-state index < -0.39 is 23.4 Å². The molecule has 4 rings (SSSR count). The fourth-order valence-electron chi connectivity index (χ4n) is 3.61. The van der Waals surface area contributed by atoms with Gasteiger partial charge in [0.2, 0.25) is 11.9 Å². The molecule has 13 heteroatoms. The van der Waals surface area contributed by atoms with Crippen LogP contribution in [0, 0.1) is 17.2 Å². The van der Waals surface area contributed by atoms with Gasteiger partial charge in [-0.15, -0.1) is 0 Å². The Balaban J connectivity index is 0.000000360. The minimum atomic E-state index is -5.08. The van der Waals surface area contributed by atoms with Crippen LogP contribution in [0.1, 0.15) is 6.42 Å². The van der Waals surface area contributed by atoms with Crippen LogP contribution >= 0.6 is 0 Å². The Hall–Kier alpha value is -3.51. The van der Waals surface area contributed by atoms with Crippen molar-refractivity contribution in [3.8, 4) is 5.75 Å². The molecule has 0 bridgehead atoms. The molecule has 0 aliphatic carbocycles. The summed E-state index contributed by atoms with van der Waals surface area (Å²) >= 11 is 0. The van der Waals surface area contributed by atoms with E-state index in [0.29, 0.717) is 44.4 Å². The van der Waals surface area contributed by atoms with Crippen LogP contribution in [0.25, 0.3) is 0 Å².